The Morgan fingerprint density at radius 2 is 2.00 bits per heavy atom. The molecule has 2 aromatic heterocycles. The number of nitrogens with one attached hydrogen (secondary N) is 1. The summed E-state index contributed by atoms with van der Waals surface area (Å²) in [5.74, 6) is -1.69. The lowest BCUT2D eigenvalue weighted by Gasteiger charge is -2.11. The van der Waals surface area contributed by atoms with E-state index in [9.17, 15) is 9.59 Å². The Labute approximate surface area is 137 Å². The summed E-state index contributed by atoms with van der Waals surface area (Å²) in [7, 11) is 1.53. The number of nitrogens with zero attached hydrogens (tertiary/aromatic N) is 4. The molecular formula is C16H15N5O3. The average Bonchev–Trinajstić information content (AvgIpc) is 3.22. The number of aryl methyl sites for hydroxylation is 1. The van der Waals surface area contributed by atoms with E-state index in [1.54, 1.807) is 10.9 Å². The Morgan fingerprint density at radius 1 is 1.21 bits per heavy atom. The van der Waals surface area contributed by atoms with Crippen LogP contribution in [0.25, 0.3) is 5.69 Å². The van der Waals surface area contributed by atoms with Gasteiger partial charge in [-0.15, -0.1) is 0 Å². The highest BCUT2D eigenvalue weighted by molar-refractivity contribution is 6.03. The molecule has 0 aliphatic carbocycles. The summed E-state index contributed by atoms with van der Waals surface area (Å²) >= 11 is 0. The molecular weight excluding hydrogens is 310 g/mol. The number of carbonyl (C=O) groups excluding carboxylic acids is 1. The van der Waals surface area contributed by atoms with Crippen molar-refractivity contribution >= 4 is 11.9 Å². The lowest BCUT2D eigenvalue weighted by atomic mass is 10.1. The van der Waals surface area contributed by atoms with Gasteiger partial charge >= 0.3 is 5.97 Å². The highest BCUT2D eigenvalue weighted by Crippen LogP contribution is 2.14. The van der Waals surface area contributed by atoms with E-state index in [1.165, 1.54) is 11.7 Å². The van der Waals surface area contributed by atoms with Gasteiger partial charge in [-0.05, 0) is 17.7 Å². The van der Waals surface area contributed by atoms with Crippen LogP contribution in [-0.2, 0) is 13.6 Å². The molecule has 0 bridgehead atoms. The zero-order chi connectivity index (χ0) is 17.1. The third-order valence-electron chi connectivity index (χ3n) is 3.57. The number of hydrogen-bond donors (Lipinski definition) is 2. The highest BCUT2D eigenvalue weighted by atomic mass is 16.4. The van der Waals surface area contributed by atoms with Crippen molar-refractivity contribution in [1.29, 1.82) is 0 Å². The van der Waals surface area contributed by atoms with E-state index in [-0.39, 0.29) is 17.8 Å². The van der Waals surface area contributed by atoms with Gasteiger partial charge in [-0.1, -0.05) is 18.2 Å². The Bertz CT molecular complexity index is 883. The molecule has 0 saturated carbocycles. The summed E-state index contributed by atoms with van der Waals surface area (Å²) in [6.07, 6.45) is 4.64. The smallest absolute Gasteiger partial charge is 0.339 e. The third kappa shape index (κ3) is 2.89. The van der Waals surface area contributed by atoms with Gasteiger partial charge in [0, 0.05) is 26.0 Å². The first-order valence-electron chi connectivity index (χ1n) is 7.19. The predicted molar refractivity (Wildman–Crippen MR) is 84.9 cm³/mol. The monoisotopic (exact) mass is 325 g/mol. The van der Waals surface area contributed by atoms with Crippen molar-refractivity contribution < 1.29 is 14.7 Å². The molecule has 0 spiro atoms. The topological polar surface area (TPSA) is 102 Å². The lowest BCUT2D eigenvalue weighted by Crippen LogP contribution is -2.27. The number of benzene rings is 1. The van der Waals surface area contributed by atoms with E-state index < -0.39 is 11.9 Å². The normalized spacial score (nSPS) is 10.5. The minimum absolute atomic E-state index is 0.0130. The van der Waals surface area contributed by atoms with Gasteiger partial charge in [0.2, 0.25) is 0 Å². The van der Waals surface area contributed by atoms with Gasteiger partial charge in [0.15, 0.2) is 0 Å². The number of amides is 1. The van der Waals surface area contributed by atoms with Crippen LogP contribution in [0.5, 0.6) is 0 Å². The van der Waals surface area contributed by atoms with Gasteiger partial charge in [0.1, 0.15) is 11.3 Å². The number of carbonyl (C=O) groups is 2. The summed E-state index contributed by atoms with van der Waals surface area (Å²) in [6.45, 7) is 0.235. The first-order valence-corrected chi connectivity index (χ1v) is 7.19. The fourth-order valence-electron chi connectivity index (χ4n) is 2.42. The van der Waals surface area contributed by atoms with Crippen molar-refractivity contribution in [3.8, 4) is 5.69 Å². The Morgan fingerprint density at radius 3 is 2.71 bits per heavy atom. The molecule has 0 aliphatic heterocycles. The molecule has 24 heavy (non-hydrogen) atoms. The van der Waals surface area contributed by atoms with Crippen LogP contribution in [0.4, 0.5) is 0 Å². The number of aromatic carboxylic acids is 1. The van der Waals surface area contributed by atoms with E-state index in [2.05, 4.69) is 15.5 Å². The molecule has 0 saturated heterocycles. The molecule has 122 valence electrons. The van der Waals surface area contributed by atoms with Gasteiger partial charge < -0.3 is 10.4 Å². The van der Waals surface area contributed by atoms with Crippen LogP contribution in [0.2, 0.25) is 0 Å². The minimum atomic E-state index is -1.19. The van der Waals surface area contributed by atoms with E-state index in [0.717, 1.165) is 17.4 Å². The van der Waals surface area contributed by atoms with Gasteiger partial charge in [0.25, 0.3) is 5.91 Å². The number of hydrogen-bond acceptors (Lipinski definition) is 4. The van der Waals surface area contributed by atoms with Crippen LogP contribution >= 0.6 is 0 Å². The number of carboxylic acids is 1. The Hall–Kier alpha value is -3.42. The maximum Gasteiger partial charge on any atom is 0.339 e. The predicted octanol–water partition coefficient (Wildman–Crippen LogP) is 1.23. The molecule has 8 heteroatoms. The second-order valence-electron chi connectivity index (χ2n) is 5.10. The summed E-state index contributed by atoms with van der Waals surface area (Å²) in [6, 6.07) is 9.32. The lowest BCUT2D eigenvalue weighted by molar-refractivity contribution is 0.0690. The van der Waals surface area contributed by atoms with Crippen molar-refractivity contribution in [2.45, 2.75) is 6.54 Å². The van der Waals surface area contributed by atoms with Gasteiger partial charge in [-0.25, -0.2) is 9.48 Å². The maximum atomic E-state index is 12.4. The SMILES string of the molecule is Cn1ncc(C(=O)O)c1C(=O)NCc1ccccc1-n1cccn1. The van der Waals surface area contributed by atoms with Gasteiger partial charge in [-0.2, -0.15) is 10.2 Å². The molecule has 0 radical (unpaired) electrons. The van der Waals surface area contributed by atoms with Crippen molar-refractivity contribution in [2.24, 2.45) is 7.05 Å². The second kappa shape index (κ2) is 6.37. The second-order valence-corrected chi connectivity index (χ2v) is 5.10. The van der Waals surface area contributed by atoms with Gasteiger partial charge in [-0.3, -0.25) is 9.48 Å². The van der Waals surface area contributed by atoms with Crippen molar-refractivity contribution in [2.75, 3.05) is 0 Å². The minimum Gasteiger partial charge on any atom is -0.478 e. The summed E-state index contributed by atoms with van der Waals surface area (Å²) < 4.78 is 2.95. The van der Waals surface area contributed by atoms with E-state index in [1.807, 2.05) is 36.5 Å². The molecule has 2 N–H and O–H groups in total. The fourth-order valence-corrected chi connectivity index (χ4v) is 2.42. The first kappa shape index (κ1) is 15.5. The molecule has 3 rings (SSSR count). The molecule has 3 aromatic rings. The van der Waals surface area contributed by atoms with Crippen molar-refractivity contribution in [1.82, 2.24) is 24.9 Å². The number of carboxylic acid groups (broad SMARTS) is 1. The van der Waals surface area contributed by atoms with E-state index >= 15 is 0 Å². The third-order valence-corrected chi connectivity index (χ3v) is 3.57. The molecule has 0 fully saturated rings. The average molecular weight is 325 g/mol. The number of para-hydroxylation sites is 1. The zero-order valence-electron chi connectivity index (χ0n) is 12.9. The Kier molecular flexibility index (Phi) is 4.11. The standard InChI is InChI=1S/C16H15N5O3/c1-20-14(12(10-19-20)16(23)24)15(22)17-9-11-5-2-3-6-13(11)21-8-4-7-18-21/h2-8,10H,9H2,1H3,(H,17,22)(H,23,24). The first-order chi connectivity index (χ1) is 11.6. The summed E-state index contributed by atoms with van der Waals surface area (Å²) in [4.78, 5) is 23.5. The number of rotatable bonds is 5. The molecule has 2 heterocycles. The van der Waals surface area contributed by atoms with Crippen LogP contribution < -0.4 is 5.32 Å². The van der Waals surface area contributed by atoms with E-state index in [4.69, 9.17) is 5.11 Å². The largest absolute Gasteiger partial charge is 0.478 e. The zero-order valence-corrected chi connectivity index (χ0v) is 12.9. The number of aromatic nitrogens is 4. The van der Waals surface area contributed by atoms with Gasteiger partial charge in [0.05, 0.1) is 11.9 Å². The Balaban J connectivity index is 1.81. The van der Waals surface area contributed by atoms with Crippen LogP contribution in [0.15, 0.2) is 48.9 Å². The molecule has 1 amide bonds. The molecule has 1 aromatic carbocycles. The highest BCUT2D eigenvalue weighted by Gasteiger charge is 2.21. The molecule has 0 atom stereocenters. The van der Waals surface area contributed by atoms with Crippen LogP contribution in [-0.4, -0.2) is 36.5 Å². The molecule has 0 unspecified atom stereocenters. The quantitative estimate of drug-likeness (QED) is 0.734. The van der Waals surface area contributed by atoms with E-state index in [0.29, 0.717) is 0 Å². The fraction of sp³-hybridized carbons (Fsp3) is 0.125. The summed E-state index contributed by atoms with van der Waals surface area (Å²) in [5.41, 5.74) is 1.58. The van der Waals surface area contributed by atoms with Crippen LogP contribution in [0.1, 0.15) is 26.4 Å². The molecule has 8 nitrogen and oxygen atoms in total. The van der Waals surface area contributed by atoms with Crippen molar-refractivity contribution in [3.63, 3.8) is 0 Å². The van der Waals surface area contributed by atoms with Crippen molar-refractivity contribution in [3.05, 3.63) is 65.7 Å². The van der Waals surface area contributed by atoms with Crippen LogP contribution in [0.3, 0.4) is 0 Å². The van der Waals surface area contributed by atoms with Crippen LogP contribution in [0, 0.1) is 0 Å². The maximum absolute atomic E-state index is 12.4. The molecule has 0 aliphatic rings. The summed E-state index contributed by atoms with van der Waals surface area (Å²) in [5, 5.41) is 19.9.